The largest absolute Gasteiger partial charge is 0.375 e. The van der Waals surface area contributed by atoms with Gasteiger partial charge in [0, 0.05) is 18.7 Å². The molecule has 2 aromatic carbocycles. The number of nitrogens with one attached hydrogen (secondary N) is 1. The molecule has 1 atom stereocenters. The van der Waals surface area contributed by atoms with Crippen LogP contribution in [0.4, 0.5) is 0 Å². The molecule has 3 nitrogen and oxygen atoms in total. The van der Waals surface area contributed by atoms with Gasteiger partial charge in [-0.1, -0.05) is 60.1 Å². The highest BCUT2D eigenvalue weighted by Gasteiger charge is 2.12. The molecule has 2 rings (SSSR count). The van der Waals surface area contributed by atoms with Crippen molar-refractivity contribution < 1.29 is 9.53 Å². The summed E-state index contributed by atoms with van der Waals surface area (Å²) in [6.07, 6.45) is 0.117. The number of hydrogen-bond donors (Lipinski definition) is 1. The fraction of sp³-hybridized carbons (Fsp3) is 0.235. The Bertz CT molecular complexity index is 586. The van der Waals surface area contributed by atoms with E-state index >= 15 is 0 Å². The number of rotatable bonds is 6. The van der Waals surface area contributed by atoms with Crippen LogP contribution in [-0.2, 0) is 16.0 Å². The third-order valence-corrected chi connectivity index (χ3v) is 3.62. The second-order valence-corrected chi connectivity index (χ2v) is 5.11. The number of ether oxygens (including phenoxy) is 1. The van der Waals surface area contributed by atoms with Crippen LogP contribution in [0.2, 0.25) is 5.02 Å². The summed E-state index contributed by atoms with van der Waals surface area (Å²) in [5.74, 6) is -0.0684. The van der Waals surface area contributed by atoms with Gasteiger partial charge in [-0.2, -0.15) is 0 Å². The minimum atomic E-state index is -0.151. The van der Waals surface area contributed by atoms with Gasteiger partial charge in [0.2, 0.25) is 5.91 Å². The number of amides is 1. The zero-order chi connectivity index (χ0) is 15.1. The molecule has 0 aromatic heterocycles. The van der Waals surface area contributed by atoms with Crippen molar-refractivity contribution in [1.82, 2.24) is 5.32 Å². The molecule has 0 radical (unpaired) electrons. The van der Waals surface area contributed by atoms with Gasteiger partial charge < -0.3 is 10.1 Å². The van der Waals surface area contributed by atoms with E-state index in [0.29, 0.717) is 11.6 Å². The lowest BCUT2D eigenvalue weighted by atomic mass is 10.1. The second kappa shape index (κ2) is 7.81. The SMILES string of the molecule is COC(CNC(=O)Cc1ccccc1Cl)c1ccccc1. The third kappa shape index (κ3) is 4.59. The van der Waals surface area contributed by atoms with Gasteiger partial charge in [0.05, 0.1) is 12.5 Å². The Kier molecular flexibility index (Phi) is 5.78. The van der Waals surface area contributed by atoms with E-state index in [0.717, 1.165) is 11.1 Å². The first kappa shape index (κ1) is 15.5. The molecule has 0 aliphatic rings. The zero-order valence-electron chi connectivity index (χ0n) is 11.9. The van der Waals surface area contributed by atoms with Crippen molar-refractivity contribution in [2.24, 2.45) is 0 Å². The van der Waals surface area contributed by atoms with Crippen LogP contribution in [0.1, 0.15) is 17.2 Å². The number of halogens is 1. The van der Waals surface area contributed by atoms with Crippen LogP contribution >= 0.6 is 11.6 Å². The van der Waals surface area contributed by atoms with Crippen LogP contribution in [0.25, 0.3) is 0 Å². The molecule has 0 saturated carbocycles. The predicted octanol–water partition coefficient (Wildman–Crippen LogP) is 3.39. The molecule has 1 amide bonds. The normalized spacial score (nSPS) is 11.9. The van der Waals surface area contributed by atoms with Crippen LogP contribution in [0.5, 0.6) is 0 Å². The molecular formula is C17H18ClNO2. The van der Waals surface area contributed by atoms with Crippen LogP contribution in [-0.4, -0.2) is 19.6 Å². The smallest absolute Gasteiger partial charge is 0.224 e. The highest BCUT2D eigenvalue weighted by molar-refractivity contribution is 6.31. The van der Waals surface area contributed by atoms with Gasteiger partial charge in [-0.05, 0) is 17.2 Å². The Balaban J connectivity index is 1.90. The molecule has 0 aliphatic heterocycles. The van der Waals surface area contributed by atoms with Gasteiger partial charge in [-0.3, -0.25) is 4.79 Å². The van der Waals surface area contributed by atoms with Crippen LogP contribution < -0.4 is 5.32 Å². The molecule has 0 saturated heterocycles. The summed E-state index contributed by atoms with van der Waals surface area (Å²) >= 11 is 6.05. The van der Waals surface area contributed by atoms with Crippen LogP contribution in [0.15, 0.2) is 54.6 Å². The minimum Gasteiger partial charge on any atom is -0.375 e. The van der Waals surface area contributed by atoms with Crippen molar-refractivity contribution in [3.8, 4) is 0 Å². The summed E-state index contributed by atoms with van der Waals surface area (Å²) in [6, 6.07) is 17.2. The fourth-order valence-electron chi connectivity index (χ4n) is 2.09. The van der Waals surface area contributed by atoms with Crippen LogP contribution in [0, 0.1) is 0 Å². The van der Waals surface area contributed by atoms with Gasteiger partial charge in [-0.15, -0.1) is 0 Å². The minimum absolute atomic E-state index is 0.0684. The lowest BCUT2D eigenvalue weighted by molar-refractivity contribution is -0.121. The maximum Gasteiger partial charge on any atom is 0.224 e. The predicted molar refractivity (Wildman–Crippen MR) is 84.4 cm³/mol. The van der Waals surface area contributed by atoms with E-state index in [9.17, 15) is 4.79 Å². The highest BCUT2D eigenvalue weighted by atomic mass is 35.5. The fourth-order valence-corrected chi connectivity index (χ4v) is 2.29. The average Bonchev–Trinajstić information content (AvgIpc) is 2.51. The average molecular weight is 304 g/mol. The number of methoxy groups -OCH3 is 1. The molecule has 2 aromatic rings. The van der Waals surface area contributed by atoms with Gasteiger partial charge in [0.15, 0.2) is 0 Å². The van der Waals surface area contributed by atoms with Crippen molar-refractivity contribution in [1.29, 1.82) is 0 Å². The molecule has 21 heavy (non-hydrogen) atoms. The lowest BCUT2D eigenvalue weighted by Gasteiger charge is -2.16. The van der Waals surface area contributed by atoms with Crippen LogP contribution in [0.3, 0.4) is 0 Å². The second-order valence-electron chi connectivity index (χ2n) is 4.71. The first-order chi connectivity index (χ1) is 10.2. The summed E-state index contributed by atoms with van der Waals surface area (Å²) in [5.41, 5.74) is 1.86. The Labute approximate surface area is 129 Å². The first-order valence-electron chi connectivity index (χ1n) is 6.78. The van der Waals surface area contributed by atoms with Crippen molar-refractivity contribution in [2.45, 2.75) is 12.5 Å². The van der Waals surface area contributed by atoms with Crippen molar-refractivity contribution in [3.63, 3.8) is 0 Å². The van der Waals surface area contributed by atoms with E-state index in [1.165, 1.54) is 0 Å². The molecule has 0 spiro atoms. The summed E-state index contributed by atoms with van der Waals surface area (Å²) in [7, 11) is 1.64. The highest BCUT2D eigenvalue weighted by Crippen LogP contribution is 2.17. The van der Waals surface area contributed by atoms with E-state index in [-0.39, 0.29) is 18.4 Å². The Morgan fingerprint density at radius 2 is 1.81 bits per heavy atom. The molecule has 0 bridgehead atoms. The van der Waals surface area contributed by atoms with Gasteiger partial charge in [-0.25, -0.2) is 0 Å². The molecule has 1 unspecified atom stereocenters. The van der Waals surface area contributed by atoms with Gasteiger partial charge in [0.1, 0.15) is 0 Å². The topological polar surface area (TPSA) is 38.3 Å². The first-order valence-corrected chi connectivity index (χ1v) is 7.16. The zero-order valence-corrected chi connectivity index (χ0v) is 12.6. The Morgan fingerprint density at radius 3 is 2.48 bits per heavy atom. The molecular weight excluding hydrogens is 286 g/mol. The van der Waals surface area contributed by atoms with Gasteiger partial charge >= 0.3 is 0 Å². The van der Waals surface area contributed by atoms with E-state index < -0.39 is 0 Å². The molecule has 0 heterocycles. The molecule has 0 fully saturated rings. The van der Waals surface area contributed by atoms with E-state index in [1.807, 2.05) is 48.5 Å². The summed E-state index contributed by atoms with van der Waals surface area (Å²) in [4.78, 5) is 12.0. The molecule has 1 N–H and O–H groups in total. The quantitative estimate of drug-likeness (QED) is 0.888. The van der Waals surface area contributed by atoms with E-state index in [4.69, 9.17) is 16.3 Å². The number of benzene rings is 2. The standard InChI is InChI=1S/C17H18ClNO2/c1-21-16(13-7-3-2-4-8-13)12-19-17(20)11-14-9-5-6-10-15(14)18/h2-10,16H,11-12H2,1H3,(H,19,20). The maximum atomic E-state index is 12.0. The van der Waals surface area contributed by atoms with Crippen molar-refractivity contribution in [2.75, 3.05) is 13.7 Å². The monoisotopic (exact) mass is 303 g/mol. The third-order valence-electron chi connectivity index (χ3n) is 3.25. The maximum absolute atomic E-state index is 12.0. The molecule has 4 heteroatoms. The number of carbonyl (C=O) groups is 1. The number of hydrogen-bond acceptors (Lipinski definition) is 2. The number of carbonyl (C=O) groups excluding carboxylic acids is 1. The Morgan fingerprint density at radius 1 is 1.14 bits per heavy atom. The summed E-state index contributed by atoms with van der Waals surface area (Å²) in [5, 5.41) is 3.50. The molecule has 110 valence electrons. The van der Waals surface area contributed by atoms with Gasteiger partial charge in [0.25, 0.3) is 0 Å². The van der Waals surface area contributed by atoms with Crippen molar-refractivity contribution in [3.05, 3.63) is 70.7 Å². The summed E-state index contributed by atoms with van der Waals surface area (Å²) < 4.78 is 5.42. The molecule has 0 aliphatic carbocycles. The van der Waals surface area contributed by atoms with E-state index in [1.54, 1.807) is 13.2 Å². The lowest BCUT2D eigenvalue weighted by Crippen LogP contribution is -2.30. The summed E-state index contributed by atoms with van der Waals surface area (Å²) in [6.45, 7) is 0.434. The van der Waals surface area contributed by atoms with Crippen molar-refractivity contribution >= 4 is 17.5 Å². The van der Waals surface area contributed by atoms with E-state index in [2.05, 4.69) is 5.32 Å². The Hall–Kier alpha value is -1.84.